The number of rotatable bonds is 34. The van der Waals surface area contributed by atoms with Crippen LogP contribution in [0.4, 0.5) is 0 Å². The number of carbonyl (C=O) groups is 1. The van der Waals surface area contributed by atoms with Gasteiger partial charge in [-0.15, -0.1) is 0 Å². The summed E-state index contributed by atoms with van der Waals surface area (Å²) < 4.78 is 21.9. The summed E-state index contributed by atoms with van der Waals surface area (Å²) in [6, 6.07) is -1.04. The van der Waals surface area contributed by atoms with Crippen molar-refractivity contribution in [2.24, 2.45) is 5.73 Å². The summed E-state index contributed by atoms with van der Waals surface area (Å²) in [5.74, 6) is -0.645. The van der Waals surface area contributed by atoms with Crippen LogP contribution >= 0.6 is 7.82 Å². The Morgan fingerprint density at radius 1 is 0.717 bits per heavy atom. The van der Waals surface area contributed by atoms with E-state index in [1.165, 1.54) is 83.5 Å². The second kappa shape index (κ2) is 32.5. The molecule has 0 aromatic carbocycles. The van der Waals surface area contributed by atoms with E-state index < -0.39 is 38.6 Å². The fourth-order valence-electron chi connectivity index (χ4n) is 5.19. The Morgan fingerprint density at radius 3 is 1.67 bits per heavy atom. The molecule has 10 heteroatoms. The maximum atomic E-state index is 12.7. The molecule has 0 radical (unpaired) electrons. The number of amides is 1. The highest BCUT2D eigenvalue weighted by Crippen LogP contribution is 2.43. The van der Waals surface area contributed by atoms with Gasteiger partial charge in [0.25, 0.3) is 0 Å². The van der Waals surface area contributed by atoms with Crippen molar-refractivity contribution in [3.8, 4) is 0 Å². The number of hydrogen-bond donors (Lipinski definition) is 5. The van der Waals surface area contributed by atoms with Gasteiger partial charge < -0.3 is 26.2 Å². The molecule has 0 saturated heterocycles. The smallest absolute Gasteiger partial charge is 0.387 e. The maximum absolute atomic E-state index is 12.7. The van der Waals surface area contributed by atoms with E-state index in [1.807, 2.05) is 6.08 Å². The van der Waals surface area contributed by atoms with Gasteiger partial charge in [-0.05, 0) is 44.9 Å². The number of unbranched alkanes of at least 4 members (excludes halogenated alkanes) is 19. The van der Waals surface area contributed by atoms with E-state index in [4.69, 9.17) is 14.8 Å². The molecule has 0 aromatic rings. The number of allylic oxidation sites excluding steroid dienone is 3. The van der Waals surface area contributed by atoms with Crippen LogP contribution < -0.4 is 11.1 Å². The minimum Gasteiger partial charge on any atom is -0.387 e. The number of aliphatic hydroxyl groups excluding tert-OH is 2. The van der Waals surface area contributed by atoms with Crippen molar-refractivity contribution in [3.63, 3.8) is 0 Å². The molecule has 46 heavy (non-hydrogen) atoms. The number of hydrogen-bond acceptors (Lipinski definition) is 7. The molecule has 0 fully saturated rings. The summed E-state index contributed by atoms with van der Waals surface area (Å²) in [5, 5.41) is 23.8. The lowest BCUT2D eigenvalue weighted by Gasteiger charge is -2.24. The average Bonchev–Trinajstić information content (AvgIpc) is 3.04. The Bertz CT molecular complexity index is 796. The first-order valence-corrected chi connectivity index (χ1v) is 20.1. The lowest BCUT2D eigenvalue weighted by Crippen LogP contribution is -2.49. The van der Waals surface area contributed by atoms with Gasteiger partial charge >= 0.3 is 7.82 Å². The van der Waals surface area contributed by atoms with E-state index >= 15 is 0 Å². The van der Waals surface area contributed by atoms with Crippen molar-refractivity contribution in [3.05, 3.63) is 24.3 Å². The fourth-order valence-corrected chi connectivity index (χ4v) is 5.95. The summed E-state index contributed by atoms with van der Waals surface area (Å²) in [6.45, 7) is 3.87. The van der Waals surface area contributed by atoms with Gasteiger partial charge in [0.05, 0.1) is 25.4 Å². The van der Waals surface area contributed by atoms with Crippen molar-refractivity contribution >= 4 is 13.7 Å². The third-order valence-electron chi connectivity index (χ3n) is 8.13. The molecule has 0 aliphatic rings. The van der Waals surface area contributed by atoms with E-state index in [2.05, 4.69) is 31.3 Å². The van der Waals surface area contributed by atoms with Crippen LogP contribution in [-0.2, 0) is 18.4 Å². The van der Waals surface area contributed by atoms with Crippen LogP contribution in [0.1, 0.15) is 162 Å². The molecule has 0 aliphatic heterocycles. The standard InChI is InChI=1S/C36H71N2O7P/c1-3-5-7-9-11-13-15-16-17-19-21-23-25-27-29-35(40)36(41)38-33(32-45-46(42,43)44-31-30-37)34(39)28-26-24-22-20-18-14-12-10-8-6-4-2/h16-17,26,28,33-35,39-40H,3-15,18-25,27,29-32,37H2,1-2H3,(H,38,41)(H,42,43)/b17-16-,28-26+/t33-,34+,35?/m0/s1. The van der Waals surface area contributed by atoms with E-state index in [1.54, 1.807) is 6.08 Å². The fraction of sp³-hybridized carbons (Fsp3) is 0.861. The van der Waals surface area contributed by atoms with Gasteiger partial charge in [0.15, 0.2) is 0 Å². The first kappa shape index (κ1) is 44.9. The number of nitrogens with one attached hydrogen (secondary N) is 1. The van der Waals surface area contributed by atoms with Gasteiger partial charge in [0.2, 0.25) is 5.91 Å². The van der Waals surface area contributed by atoms with Crippen LogP contribution in [0, 0.1) is 0 Å². The molecule has 272 valence electrons. The summed E-state index contributed by atoms with van der Waals surface area (Å²) in [5.41, 5.74) is 5.33. The summed E-state index contributed by atoms with van der Waals surface area (Å²) >= 11 is 0. The summed E-state index contributed by atoms with van der Waals surface area (Å²) in [4.78, 5) is 22.6. The van der Waals surface area contributed by atoms with E-state index in [0.29, 0.717) is 12.8 Å². The predicted molar refractivity (Wildman–Crippen MR) is 191 cm³/mol. The number of phosphoric ester groups is 1. The molecule has 0 saturated carbocycles. The Labute approximate surface area is 281 Å². The first-order valence-electron chi connectivity index (χ1n) is 18.6. The van der Waals surface area contributed by atoms with E-state index in [0.717, 1.165) is 51.4 Å². The van der Waals surface area contributed by atoms with Crippen molar-refractivity contribution in [1.82, 2.24) is 5.32 Å². The van der Waals surface area contributed by atoms with Crippen molar-refractivity contribution in [2.45, 2.75) is 180 Å². The number of aliphatic hydroxyl groups is 2. The highest BCUT2D eigenvalue weighted by atomic mass is 31.2. The van der Waals surface area contributed by atoms with Crippen molar-refractivity contribution < 1.29 is 33.5 Å². The SMILES string of the molecule is CCCCCCCC/C=C\CCCCCCC(O)C(=O)N[C@@H](COP(=O)(O)OCCN)[C@H](O)/C=C/CCCCCCCCCCC. The quantitative estimate of drug-likeness (QED) is 0.0259. The molecular formula is C36H71N2O7P. The van der Waals surface area contributed by atoms with E-state index in [9.17, 15) is 24.5 Å². The number of nitrogens with two attached hydrogens (primary N) is 1. The molecule has 0 bridgehead atoms. The van der Waals surface area contributed by atoms with Crippen molar-refractivity contribution in [1.29, 1.82) is 0 Å². The highest BCUT2D eigenvalue weighted by molar-refractivity contribution is 7.47. The summed E-state index contributed by atoms with van der Waals surface area (Å²) in [7, 11) is -4.41. The molecule has 9 nitrogen and oxygen atoms in total. The van der Waals surface area contributed by atoms with Gasteiger partial charge in [-0.25, -0.2) is 4.57 Å². The van der Waals surface area contributed by atoms with Crippen LogP contribution in [0.15, 0.2) is 24.3 Å². The molecule has 4 atom stereocenters. The maximum Gasteiger partial charge on any atom is 0.472 e. The molecule has 0 heterocycles. The van der Waals surface area contributed by atoms with Crippen LogP contribution in [0.2, 0.25) is 0 Å². The van der Waals surface area contributed by atoms with Gasteiger partial charge in [-0.2, -0.15) is 0 Å². The first-order chi connectivity index (χ1) is 22.3. The monoisotopic (exact) mass is 674 g/mol. The molecule has 0 aliphatic carbocycles. The Morgan fingerprint density at radius 2 is 1.17 bits per heavy atom. The Balaban J connectivity index is 4.48. The predicted octanol–water partition coefficient (Wildman–Crippen LogP) is 8.41. The minimum atomic E-state index is -4.41. The molecule has 2 unspecified atom stereocenters. The second-order valence-electron chi connectivity index (χ2n) is 12.6. The molecule has 1 amide bonds. The van der Waals surface area contributed by atoms with Crippen LogP contribution in [0.25, 0.3) is 0 Å². The topological polar surface area (TPSA) is 151 Å². The van der Waals surface area contributed by atoms with Crippen LogP contribution in [-0.4, -0.2) is 59.0 Å². The van der Waals surface area contributed by atoms with Gasteiger partial charge in [-0.3, -0.25) is 13.8 Å². The van der Waals surface area contributed by atoms with Gasteiger partial charge in [0, 0.05) is 6.54 Å². The second-order valence-corrected chi connectivity index (χ2v) is 14.0. The highest BCUT2D eigenvalue weighted by Gasteiger charge is 2.28. The minimum absolute atomic E-state index is 0.0421. The molecule has 0 aromatic heterocycles. The lowest BCUT2D eigenvalue weighted by atomic mass is 10.1. The third kappa shape index (κ3) is 29.1. The molecular weight excluding hydrogens is 603 g/mol. The normalized spacial score (nSPS) is 15.3. The van der Waals surface area contributed by atoms with Gasteiger partial charge in [0.1, 0.15) is 6.10 Å². The molecule has 0 spiro atoms. The van der Waals surface area contributed by atoms with Crippen molar-refractivity contribution in [2.75, 3.05) is 19.8 Å². The number of phosphoric acid groups is 1. The third-order valence-corrected chi connectivity index (χ3v) is 9.11. The van der Waals surface area contributed by atoms with Gasteiger partial charge in [-0.1, -0.05) is 141 Å². The zero-order chi connectivity index (χ0) is 34.1. The largest absolute Gasteiger partial charge is 0.472 e. The Kier molecular flexibility index (Phi) is 31.7. The van der Waals surface area contributed by atoms with Crippen LogP contribution in [0.3, 0.4) is 0 Å². The lowest BCUT2D eigenvalue weighted by molar-refractivity contribution is -0.131. The zero-order valence-electron chi connectivity index (χ0n) is 29.4. The van der Waals surface area contributed by atoms with E-state index in [-0.39, 0.29) is 13.2 Å². The molecule has 6 N–H and O–H groups in total. The molecule has 0 rings (SSSR count). The average molecular weight is 675 g/mol. The zero-order valence-corrected chi connectivity index (χ0v) is 30.3. The number of carbonyl (C=O) groups excluding carboxylic acids is 1. The summed E-state index contributed by atoms with van der Waals surface area (Å²) in [6.07, 6.45) is 31.5. The Hall–Kier alpha value is -1.06. The van der Waals surface area contributed by atoms with Crippen LogP contribution in [0.5, 0.6) is 0 Å².